The van der Waals surface area contributed by atoms with Gasteiger partial charge < -0.3 is 0 Å². The lowest BCUT2D eigenvalue weighted by Crippen LogP contribution is -2.26. The van der Waals surface area contributed by atoms with Crippen LogP contribution in [0.25, 0.3) is 0 Å². The third-order valence-electron chi connectivity index (χ3n) is 3.31. The van der Waals surface area contributed by atoms with Crippen LogP contribution in [0.1, 0.15) is 30.7 Å². The number of benzene rings is 1. The number of hydrogen-bond donors (Lipinski definition) is 1. The van der Waals surface area contributed by atoms with Crippen LogP contribution in [0, 0.1) is 0 Å². The zero-order valence-electron chi connectivity index (χ0n) is 12.6. The summed E-state index contributed by atoms with van der Waals surface area (Å²) >= 11 is 0. The summed E-state index contributed by atoms with van der Waals surface area (Å²) in [4.78, 5) is -0.159. The zero-order valence-corrected chi connectivity index (χ0v) is 13.4. The zero-order chi connectivity index (χ0) is 17.3. The number of nitrogens with zero attached hydrogens (tertiary/aromatic N) is 2. The van der Waals surface area contributed by atoms with E-state index in [-0.39, 0.29) is 18.0 Å². The molecule has 9 heteroatoms. The van der Waals surface area contributed by atoms with E-state index in [0.717, 1.165) is 29.8 Å². The number of H-pyrrole nitrogens is 1. The number of fused-ring (bicyclic) bond motifs is 1. The van der Waals surface area contributed by atoms with Gasteiger partial charge in [-0.3, -0.25) is 5.10 Å². The van der Waals surface area contributed by atoms with E-state index in [9.17, 15) is 21.6 Å². The molecular weight excluding hydrogens is 331 g/mol. The maximum atomic E-state index is 12.5. The molecule has 3 rings (SSSR count). The number of alkyl halides is 3. The van der Waals surface area contributed by atoms with Crippen LogP contribution in [0.4, 0.5) is 13.2 Å². The molecule has 5 nitrogen and oxygen atoms in total. The van der Waals surface area contributed by atoms with E-state index in [2.05, 4.69) is 10.2 Å². The Balaban J connectivity index is 0.000000924. The molecule has 0 unspecified atom stereocenters. The van der Waals surface area contributed by atoms with Crippen LogP contribution in [-0.4, -0.2) is 22.9 Å². The Bertz CT molecular complexity index is 747. The lowest BCUT2D eigenvalue weighted by molar-refractivity contribution is -0.137. The summed E-state index contributed by atoms with van der Waals surface area (Å²) in [6.07, 6.45) is -2.95. The molecule has 0 atom stereocenters. The van der Waals surface area contributed by atoms with Gasteiger partial charge in [-0.1, -0.05) is 13.8 Å². The van der Waals surface area contributed by atoms with Gasteiger partial charge in [0.2, 0.25) is 10.0 Å². The minimum atomic E-state index is -4.49. The standard InChI is InChI=1S/C12H10F3N3O2S.C2H6/c13-12(14,15)9-1-3-10(4-2-9)21(19,20)18-6-8-5-16-17-11(8)7-18;1-2/h1-5H,6-7H2,(H,16,17);1-2H3. The molecule has 0 aliphatic carbocycles. The minimum Gasteiger partial charge on any atom is -0.281 e. The normalized spacial score (nSPS) is 15.0. The van der Waals surface area contributed by atoms with Crippen molar-refractivity contribution in [1.29, 1.82) is 0 Å². The van der Waals surface area contributed by atoms with Crippen molar-refractivity contribution in [3.05, 3.63) is 47.3 Å². The van der Waals surface area contributed by atoms with Crippen molar-refractivity contribution in [2.24, 2.45) is 0 Å². The quantitative estimate of drug-likeness (QED) is 0.907. The van der Waals surface area contributed by atoms with Crippen LogP contribution in [-0.2, 0) is 29.3 Å². The van der Waals surface area contributed by atoms with Crippen molar-refractivity contribution >= 4 is 10.0 Å². The summed E-state index contributed by atoms with van der Waals surface area (Å²) < 4.78 is 63.4. The predicted octanol–water partition coefficient (Wildman–Crippen LogP) is 3.16. The van der Waals surface area contributed by atoms with Gasteiger partial charge in [-0.05, 0) is 24.3 Å². The molecule has 2 aromatic rings. The smallest absolute Gasteiger partial charge is 0.281 e. The molecule has 0 bridgehead atoms. The van der Waals surface area contributed by atoms with Gasteiger partial charge in [0.1, 0.15) is 0 Å². The maximum absolute atomic E-state index is 12.5. The summed E-state index contributed by atoms with van der Waals surface area (Å²) in [6, 6.07) is 3.49. The molecule has 126 valence electrons. The number of rotatable bonds is 2. The highest BCUT2D eigenvalue weighted by molar-refractivity contribution is 7.89. The van der Waals surface area contributed by atoms with Gasteiger partial charge in [-0.25, -0.2) is 8.42 Å². The SMILES string of the molecule is CC.O=S(=O)(c1ccc(C(F)(F)F)cc1)N1Cc2cn[nH]c2C1. The van der Waals surface area contributed by atoms with Crippen LogP contribution in [0.5, 0.6) is 0 Å². The molecule has 1 N–H and O–H groups in total. The van der Waals surface area contributed by atoms with Gasteiger partial charge in [0.25, 0.3) is 0 Å². The number of hydrogen-bond acceptors (Lipinski definition) is 3. The van der Waals surface area contributed by atoms with Crippen LogP contribution in [0.2, 0.25) is 0 Å². The lowest BCUT2D eigenvalue weighted by Gasteiger charge is -2.16. The van der Waals surface area contributed by atoms with E-state index in [0.29, 0.717) is 5.69 Å². The molecule has 23 heavy (non-hydrogen) atoms. The fraction of sp³-hybridized carbons (Fsp3) is 0.357. The second-order valence-corrected chi connectivity index (χ2v) is 6.61. The maximum Gasteiger partial charge on any atom is 0.416 e. The average Bonchev–Trinajstić information content (AvgIpc) is 3.10. The van der Waals surface area contributed by atoms with Gasteiger partial charge >= 0.3 is 6.18 Å². The Labute approximate surface area is 132 Å². The van der Waals surface area contributed by atoms with E-state index in [1.165, 1.54) is 10.5 Å². The van der Waals surface area contributed by atoms with Gasteiger partial charge in [0, 0.05) is 12.1 Å². The van der Waals surface area contributed by atoms with E-state index in [1.807, 2.05) is 13.8 Å². The number of sulfonamides is 1. The van der Waals surface area contributed by atoms with E-state index in [1.54, 1.807) is 0 Å². The molecule has 0 saturated carbocycles. The Morgan fingerprint density at radius 2 is 1.74 bits per heavy atom. The summed E-state index contributed by atoms with van der Waals surface area (Å²) in [5, 5.41) is 6.50. The Kier molecular flexibility index (Phi) is 4.81. The van der Waals surface area contributed by atoms with Crippen molar-refractivity contribution in [1.82, 2.24) is 14.5 Å². The predicted molar refractivity (Wildman–Crippen MR) is 77.8 cm³/mol. The molecule has 0 fully saturated rings. The van der Waals surface area contributed by atoms with Crippen molar-refractivity contribution in [2.45, 2.75) is 38.0 Å². The molecule has 1 aromatic carbocycles. The first kappa shape index (κ1) is 17.5. The molecule has 2 heterocycles. The fourth-order valence-electron chi connectivity index (χ4n) is 2.17. The van der Waals surface area contributed by atoms with Crippen LogP contribution in [0.3, 0.4) is 0 Å². The number of aromatic amines is 1. The largest absolute Gasteiger partial charge is 0.416 e. The summed E-state index contributed by atoms with van der Waals surface area (Å²) in [5.74, 6) is 0. The summed E-state index contributed by atoms with van der Waals surface area (Å²) in [7, 11) is -3.82. The summed E-state index contributed by atoms with van der Waals surface area (Å²) in [5.41, 5.74) is 0.591. The molecule has 0 radical (unpaired) electrons. The highest BCUT2D eigenvalue weighted by Gasteiger charge is 2.34. The first-order valence-corrected chi connectivity index (χ1v) is 8.41. The van der Waals surface area contributed by atoms with Gasteiger partial charge in [-0.15, -0.1) is 0 Å². The third-order valence-corrected chi connectivity index (χ3v) is 5.11. The highest BCUT2D eigenvalue weighted by atomic mass is 32.2. The molecular formula is C14H16F3N3O2S. The first-order chi connectivity index (χ1) is 10.8. The van der Waals surface area contributed by atoms with Gasteiger partial charge in [0.05, 0.1) is 28.9 Å². The molecule has 0 saturated heterocycles. The molecule has 1 aliphatic heterocycles. The average molecular weight is 347 g/mol. The van der Waals surface area contributed by atoms with Crippen molar-refractivity contribution in [2.75, 3.05) is 0 Å². The van der Waals surface area contributed by atoms with Crippen molar-refractivity contribution in [3.63, 3.8) is 0 Å². The number of halogens is 3. The first-order valence-electron chi connectivity index (χ1n) is 6.97. The Morgan fingerprint density at radius 1 is 1.13 bits per heavy atom. The lowest BCUT2D eigenvalue weighted by atomic mass is 10.2. The van der Waals surface area contributed by atoms with Crippen molar-refractivity contribution in [3.8, 4) is 0 Å². The summed E-state index contributed by atoms with van der Waals surface area (Å²) in [6.45, 7) is 4.30. The van der Waals surface area contributed by atoms with Crippen molar-refractivity contribution < 1.29 is 21.6 Å². The van der Waals surface area contributed by atoms with Crippen LogP contribution in [0.15, 0.2) is 35.4 Å². The Morgan fingerprint density at radius 3 is 2.26 bits per heavy atom. The molecule has 1 aliphatic rings. The third kappa shape index (κ3) is 3.40. The second kappa shape index (κ2) is 6.32. The molecule has 1 aromatic heterocycles. The highest BCUT2D eigenvalue weighted by Crippen LogP contribution is 2.31. The fourth-order valence-corrected chi connectivity index (χ4v) is 3.55. The number of nitrogens with one attached hydrogen (secondary N) is 1. The topological polar surface area (TPSA) is 66.1 Å². The molecule has 0 amide bonds. The monoisotopic (exact) mass is 347 g/mol. The van der Waals surface area contributed by atoms with Gasteiger partial charge in [0.15, 0.2) is 0 Å². The second-order valence-electron chi connectivity index (χ2n) is 4.67. The van der Waals surface area contributed by atoms with E-state index >= 15 is 0 Å². The molecule has 0 spiro atoms. The van der Waals surface area contributed by atoms with Gasteiger partial charge in [-0.2, -0.15) is 22.6 Å². The minimum absolute atomic E-state index is 0.138. The van der Waals surface area contributed by atoms with Crippen LogP contribution >= 0.6 is 0 Å². The van der Waals surface area contributed by atoms with E-state index < -0.39 is 21.8 Å². The Hall–Kier alpha value is -1.87. The number of aromatic nitrogens is 2. The van der Waals surface area contributed by atoms with E-state index in [4.69, 9.17) is 0 Å². The van der Waals surface area contributed by atoms with Crippen LogP contribution < -0.4 is 0 Å².